The number of carbonyl (C=O) groups is 1. The number of nitrogens with one attached hydrogen (secondary N) is 1. The number of amides is 1. The molecule has 0 aliphatic heterocycles. The van der Waals surface area contributed by atoms with Crippen molar-refractivity contribution in [2.75, 3.05) is 11.1 Å². The number of rotatable bonds is 2. The van der Waals surface area contributed by atoms with E-state index in [2.05, 4.69) is 15.3 Å². The fraction of sp³-hybridized carbons (Fsp3) is 0.154. The van der Waals surface area contributed by atoms with Crippen LogP contribution in [0.25, 0.3) is 0 Å². The predicted octanol–water partition coefficient (Wildman–Crippen LogP) is 1.93. The molecule has 0 spiro atoms. The van der Waals surface area contributed by atoms with Crippen LogP contribution in [0.2, 0.25) is 0 Å². The molecular weight excluding hydrogens is 228 g/mol. The van der Waals surface area contributed by atoms with Crippen LogP contribution in [-0.4, -0.2) is 15.9 Å². The number of aryl methyl sites for hydroxylation is 2. The van der Waals surface area contributed by atoms with Crippen LogP contribution >= 0.6 is 0 Å². The van der Waals surface area contributed by atoms with E-state index in [0.29, 0.717) is 17.1 Å². The van der Waals surface area contributed by atoms with Gasteiger partial charge in [0.2, 0.25) is 0 Å². The van der Waals surface area contributed by atoms with Crippen molar-refractivity contribution in [2.24, 2.45) is 0 Å². The molecule has 0 bridgehead atoms. The molecule has 0 aromatic carbocycles. The van der Waals surface area contributed by atoms with E-state index in [4.69, 9.17) is 5.73 Å². The van der Waals surface area contributed by atoms with Crippen LogP contribution in [0.15, 0.2) is 30.6 Å². The summed E-state index contributed by atoms with van der Waals surface area (Å²) >= 11 is 0. The zero-order chi connectivity index (χ0) is 13.1. The van der Waals surface area contributed by atoms with E-state index in [9.17, 15) is 4.79 Å². The highest BCUT2D eigenvalue weighted by Crippen LogP contribution is 2.13. The normalized spacial score (nSPS) is 10.1. The third-order valence-corrected chi connectivity index (χ3v) is 2.57. The van der Waals surface area contributed by atoms with Crippen molar-refractivity contribution in [3.05, 3.63) is 47.4 Å². The van der Waals surface area contributed by atoms with Crippen molar-refractivity contribution in [2.45, 2.75) is 13.8 Å². The first-order valence-electron chi connectivity index (χ1n) is 5.52. The van der Waals surface area contributed by atoms with E-state index < -0.39 is 0 Å². The van der Waals surface area contributed by atoms with Gasteiger partial charge in [0.25, 0.3) is 5.91 Å². The van der Waals surface area contributed by atoms with Crippen LogP contribution in [0, 0.1) is 13.8 Å². The first-order valence-corrected chi connectivity index (χ1v) is 5.52. The average molecular weight is 242 g/mol. The molecule has 3 N–H and O–H groups in total. The number of carbonyl (C=O) groups excluding carboxylic acids is 1. The highest BCUT2D eigenvalue weighted by Gasteiger charge is 2.07. The van der Waals surface area contributed by atoms with Gasteiger partial charge < -0.3 is 11.1 Å². The first-order chi connectivity index (χ1) is 8.56. The average Bonchev–Trinajstić information content (AvgIpc) is 2.34. The Balaban J connectivity index is 2.16. The number of pyridine rings is 2. The Morgan fingerprint density at radius 2 is 2.00 bits per heavy atom. The zero-order valence-corrected chi connectivity index (χ0v) is 10.3. The number of aromatic nitrogens is 2. The molecule has 18 heavy (non-hydrogen) atoms. The zero-order valence-electron chi connectivity index (χ0n) is 10.3. The summed E-state index contributed by atoms with van der Waals surface area (Å²) in [5, 5.41) is 2.70. The van der Waals surface area contributed by atoms with Crippen molar-refractivity contribution in [1.29, 1.82) is 0 Å². The van der Waals surface area contributed by atoms with Gasteiger partial charge in [0, 0.05) is 11.9 Å². The summed E-state index contributed by atoms with van der Waals surface area (Å²) in [6.07, 6.45) is 3.06. The molecule has 0 radical (unpaired) electrons. The minimum absolute atomic E-state index is 0.237. The Hall–Kier alpha value is -2.43. The standard InChI is InChI=1S/C13H14N4O/c1-8-5-12(16-7-11(8)14)17-13(18)10-4-3-9(2)15-6-10/h3-7H,14H2,1-2H3,(H,16,17,18). The Labute approximate surface area is 105 Å². The maximum atomic E-state index is 11.9. The Morgan fingerprint density at radius 3 is 2.61 bits per heavy atom. The fourth-order valence-electron chi connectivity index (χ4n) is 1.43. The number of hydrogen-bond acceptors (Lipinski definition) is 4. The molecule has 0 unspecified atom stereocenters. The molecule has 5 heteroatoms. The molecule has 0 saturated heterocycles. The number of hydrogen-bond donors (Lipinski definition) is 2. The van der Waals surface area contributed by atoms with Gasteiger partial charge in [-0.1, -0.05) is 0 Å². The lowest BCUT2D eigenvalue weighted by Gasteiger charge is -2.06. The molecule has 0 atom stereocenters. The number of anilines is 2. The number of nitrogen functional groups attached to an aromatic ring is 1. The number of nitrogens with two attached hydrogens (primary N) is 1. The van der Waals surface area contributed by atoms with Gasteiger partial charge in [0.05, 0.1) is 17.4 Å². The van der Waals surface area contributed by atoms with Crippen LogP contribution in [0.1, 0.15) is 21.6 Å². The van der Waals surface area contributed by atoms with Crippen molar-refractivity contribution in [3.63, 3.8) is 0 Å². The summed E-state index contributed by atoms with van der Waals surface area (Å²) in [7, 11) is 0. The summed E-state index contributed by atoms with van der Waals surface area (Å²) in [5.74, 6) is 0.242. The minimum Gasteiger partial charge on any atom is -0.397 e. The molecule has 2 aromatic rings. The van der Waals surface area contributed by atoms with E-state index in [1.54, 1.807) is 18.2 Å². The van der Waals surface area contributed by atoms with Gasteiger partial charge in [-0.3, -0.25) is 9.78 Å². The molecule has 1 amide bonds. The summed E-state index contributed by atoms with van der Waals surface area (Å²) in [6.45, 7) is 3.73. The van der Waals surface area contributed by atoms with Crippen LogP contribution in [0.3, 0.4) is 0 Å². The maximum absolute atomic E-state index is 11.9. The molecule has 2 aromatic heterocycles. The lowest BCUT2D eigenvalue weighted by atomic mass is 10.2. The Bertz CT molecular complexity index is 578. The van der Waals surface area contributed by atoms with Gasteiger partial charge in [0.1, 0.15) is 5.82 Å². The van der Waals surface area contributed by atoms with Gasteiger partial charge in [0.15, 0.2) is 0 Å². The summed E-state index contributed by atoms with van der Waals surface area (Å²) in [5.41, 5.74) is 8.51. The largest absolute Gasteiger partial charge is 0.397 e. The number of nitrogens with zero attached hydrogens (tertiary/aromatic N) is 2. The minimum atomic E-state index is -0.237. The van der Waals surface area contributed by atoms with E-state index in [-0.39, 0.29) is 5.91 Å². The van der Waals surface area contributed by atoms with E-state index >= 15 is 0 Å². The van der Waals surface area contributed by atoms with Crippen molar-refractivity contribution < 1.29 is 4.79 Å². The smallest absolute Gasteiger partial charge is 0.258 e. The van der Waals surface area contributed by atoms with Crippen molar-refractivity contribution >= 4 is 17.4 Å². The second kappa shape index (κ2) is 4.83. The van der Waals surface area contributed by atoms with Gasteiger partial charge >= 0.3 is 0 Å². The molecule has 0 saturated carbocycles. The Kier molecular flexibility index (Phi) is 3.23. The fourth-order valence-corrected chi connectivity index (χ4v) is 1.43. The summed E-state index contributed by atoms with van der Waals surface area (Å²) < 4.78 is 0. The maximum Gasteiger partial charge on any atom is 0.258 e. The van der Waals surface area contributed by atoms with Crippen LogP contribution in [0.5, 0.6) is 0 Å². The first kappa shape index (κ1) is 12.0. The van der Waals surface area contributed by atoms with Gasteiger partial charge in [-0.2, -0.15) is 0 Å². The molecule has 0 aliphatic rings. The topological polar surface area (TPSA) is 80.9 Å². The monoisotopic (exact) mass is 242 g/mol. The molecule has 92 valence electrons. The third kappa shape index (κ3) is 2.63. The lowest BCUT2D eigenvalue weighted by Crippen LogP contribution is -2.13. The van der Waals surface area contributed by atoms with E-state index in [1.165, 1.54) is 12.4 Å². The van der Waals surface area contributed by atoms with Crippen LogP contribution < -0.4 is 11.1 Å². The highest BCUT2D eigenvalue weighted by atomic mass is 16.1. The van der Waals surface area contributed by atoms with Gasteiger partial charge in [-0.15, -0.1) is 0 Å². The second-order valence-corrected chi connectivity index (χ2v) is 4.07. The third-order valence-electron chi connectivity index (χ3n) is 2.57. The van der Waals surface area contributed by atoms with E-state index in [1.807, 2.05) is 13.8 Å². The molecular formula is C13H14N4O. The quantitative estimate of drug-likeness (QED) is 0.843. The van der Waals surface area contributed by atoms with E-state index in [0.717, 1.165) is 11.3 Å². The summed E-state index contributed by atoms with van der Waals surface area (Å²) in [6, 6.07) is 5.24. The van der Waals surface area contributed by atoms with Crippen LogP contribution in [-0.2, 0) is 0 Å². The molecule has 0 aliphatic carbocycles. The van der Waals surface area contributed by atoms with Gasteiger partial charge in [-0.05, 0) is 37.6 Å². The molecule has 5 nitrogen and oxygen atoms in total. The Morgan fingerprint density at radius 1 is 1.22 bits per heavy atom. The van der Waals surface area contributed by atoms with Gasteiger partial charge in [-0.25, -0.2) is 4.98 Å². The summed E-state index contributed by atoms with van der Waals surface area (Å²) in [4.78, 5) is 20.0. The van der Waals surface area contributed by atoms with Crippen molar-refractivity contribution in [3.8, 4) is 0 Å². The van der Waals surface area contributed by atoms with Crippen molar-refractivity contribution in [1.82, 2.24) is 9.97 Å². The van der Waals surface area contributed by atoms with Crippen LogP contribution in [0.4, 0.5) is 11.5 Å². The highest BCUT2D eigenvalue weighted by molar-refractivity contribution is 6.03. The molecule has 2 heterocycles. The second-order valence-electron chi connectivity index (χ2n) is 4.07. The lowest BCUT2D eigenvalue weighted by molar-refractivity contribution is 0.102. The SMILES string of the molecule is Cc1ccc(C(=O)Nc2cc(C)c(N)cn2)cn1. The molecule has 2 rings (SSSR count). The predicted molar refractivity (Wildman–Crippen MR) is 70.3 cm³/mol. The molecule has 0 fully saturated rings.